The molecule has 0 aromatic heterocycles. The maximum absolute atomic E-state index is 13.7. The minimum atomic E-state index is -1.36. The summed E-state index contributed by atoms with van der Waals surface area (Å²) < 4.78 is 0. The van der Waals surface area contributed by atoms with Crippen LogP contribution in [0.2, 0.25) is 0 Å². The zero-order valence-electron chi connectivity index (χ0n) is 24.7. The van der Waals surface area contributed by atoms with Crippen molar-refractivity contribution >= 4 is 35.5 Å². The van der Waals surface area contributed by atoms with Crippen molar-refractivity contribution in [2.75, 3.05) is 12.0 Å². The van der Waals surface area contributed by atoms with Crippen LogP contribution in [0, 0.1) is 0 Å². The molecule has 0 aliphatic heterocycles. The van der Waals surface area contributed by atoms with E-state index in [1.165, 1.54) is 60.3 Å². The number of carbonyl (C=O) groups excluding carboxylic acids is 3. The zero-order valence-corrected chi connectivity index (χ0v) is 25.5. The van der Waals surface area contributed by atoms with E-state index in [1.807, 2.05) is 6.26 Å². The summed E-state index contributed by atoms with van der Waals surface area (Å²) in [4.78, 5) is 52.3. The number of nitrogens with two attached hydrogens (primary N) is 1. The van der Waals surface area contributed by atoms with Gasteiger partial charge in [-0.05, 0) is 71.5 Å². The van der Waals surface area contributed by atoms with Crippen molar-refractivity contribution in [2.24, 2.45) is 5.73 Å². The number of thioether (sulfide) groups is 1. The summed E-state index contributed by atoms with van der Waals surface area (Å²) in [5.41, 5.74) is 7.77. The largest absolute Gasteiger partial charge is 0.508 e. The molecule has 0 saturated carbocycles. The molecule has 0 saturated heterocycles. The molecule has 0 bridgehead atoms. The number of aliphatic carboxylic acids is 1. The number of hydrogen-bond donors (Lipinski definition) is 8. The van der Waals surface area contributed by atoms with Gasteiger partial charge in [0.25, 0.3) is 0 Å². The highest BCUT2D eigenvalue weighted by Gasteiger charge is 2.31. The van der Waals surface area contributed by atoms with E-state index in [0.29, 0.717) is 28.9 Å². The summed E-state index contributed by atoms with van der Waals surface area (Å²) in [7, 11) is 0. The molecule has 0 aliphatic rings. The smallest absolute Gasteiger partial charge is 0.326 e. The number of nitrogens with one attached hydrogen (secondary N) is 3. The van der Waals surface area contributed by atoms with Gasteiger partial charge in [0, 0.05) is 19.3 Å². The quantitative estimate of drug-likeness (QED) is 0.113. The lowest BCUT2D eigenvalue weighted by molar-refractivity contribution is -0.142. The van der Waals surface area contributed by atoms with Crippen molar-refractivity contribution in [1.29, 1.82) is 0 Å². The van der Waals surface area contributed by atoms with E-state index in [4.69, 9.17) is 5.73 Å². The number of phenols is 3. The highest BCUT2D eigenvalue weighted by atomic mass is 32.2. The number of hydrogen-bond acceptors (Lipinski definition) is 9. The topological polar surface area (TPSA) is 211 Å². The Labute approximate surface area is 265 Å². The summed E-state index contributed by atoms with van der Waals surface area (Å²) in [6.45, 7) is 0. The van der Waals surface area contributed by atoms with Gasteiger partial charge in [-0.25, -0.2) is 4.79 Å². The van der Waals surface area contributed by atoms with E-state index in [0.717, 1.165) is 0 Å². The van der Waals surface area contributed by atoms with Gasteiger partial charge in [0.05, 0.1) is 6.04 Å². The first-order chi connectivity index (χ1) is 21.4. The van der Waals surface area contributed by atoms with Crippen LogP contribution in [0.25, 0.3) is 0 Å². The normalized spacial score (nSPS) is 13.6. The summed E-state index contributed by atoms with van der Waals surface area (Å²) in [6.07, 6.45) is 2.12. The lowest BCUT2D eigenvalue weighted by Gasteiger charge is -2.25. The molecule has 4 unspecified atom stereocenters. The van der Waals surface area contributed by atoms with E-state index in [9.17, 15) is 39.6 Å². The third-order valence-corrected chi connectivity index (χ3v) is 7.62. The third kappa shape index (κ3) is 11.4. The van der Waals surface area contributed by atoms with E-state index in [2.05, 4.69) is 16.0 Å². The summed E-state index contributed by atoms with van der Waals surface area (Å²) in [6, 6.07) is 13.2. The Morgan fingerprint density at radius 3 is 1.31 bits per heavy atom. The van der Waals surface area contributed by atoms with Crippen LogP contribution in [0.4, 0.5) is 0 Å². The number of rotatable bonds is 16. The van der Waals surface area contributed by atoms with E-state index < -0.39 is 47.9 Å². The third-order valence-electron chi connectivity index (χ3n) is 6.98. The van der Waals surface area contributed by atoms with Gasteiger partial charge in [0.1, 0.15) is 35.4 Å². The van der Waals surface area contributed by atoms with Gasteiger partial charge in [0.15, 0.2) is 0 Å². The zero-order chi connectivity index (χ0) is 32.9. The second kappa shape index (κ2) is 16.9. The average molecular weight is 639 g/mol. The fourth-order valence-electron chi connectivity index (χ4n) is 4.42. The van der Waals surface area contributed by atoms with Gasteiger partial charge in [-0.2, -0.15) is 11.8 Å². The summed E-state index contributed by atoms with van der Waals surface area (Å²) in [5, 5.41) is 46.6. The molecule has 3 aromatic rings. The van der Waals surface area contributed by atoms with Crippen molar-refractivity contribution in [3.63, 3.8) is 0 Å². The number of aromatic hydroxyl groups is 3. The van der Waals surface area contributed by atoms with E-state index in [1.54, 1.807) is 24.3 Å². The van der Waals surface area contributed by atoms with Crippen molar-refractivity contribution in [3.05, 3.63) is 89.5 Å². The Kier molecular flexibility index (Phi) is 13.1. The fourth-order valence-corrected chi connectivity index (χ4v) is 4.91. The minimum absolute atomic E-state index is 0.00175. The first-order valence-electron chi connectivity index (χ1n) is 14.2. The summed E-state index contributed by atoms with van der Waals surface area (Å²) in [5.74, 6) is -2.69. The highest BCUT2D eigenvalue weighted by molar-refractivity contribution is 7.98. The molecule has 240 valence electrons. The standard InChI is InChI=1S/C32H38N4O8S/c1-45-15-14-25(33)29(40)34-26(16-19-2-8-22(37)9-3-19)30(41)35-27(17-20-4-10-23(38)11-5-20)31(42)36-28(32(43)44)18-21-6-12-24(39)13-7-21/h2-13,25-28,37-39H,14-18,33H2,1H3,(H,34,40)(H,35,41)(H,36,42)(H,43,44). The molecule has 12 nitrogen and oxygen atoms in total. The minimum Gasteiger partial charge on any atom is -0.508 e. The molecule has 0 fully saturated rings. The average Bonchev–Trinajstić information content (AvgIpc) is 3.01. The number of carbonyl (C=O) groups is 4. The Bertz CT molecular complexity index is 1440. The van der Waals surface area contributed by atoms with Gasteiger partial charge in [0.2, 0.25) is 17.7 Å². The van der Waals surface area contributed by atoms with Crippen molar-refractivity contribution < 1.29 is 39.6 Å². The van der Waals surface area contributed by atoms with Crippen LogP contribution >= 0.6 is 11.8 Å². The van der Waals surface area contributed by atoms with Gasteiger partial charge < -0.3 is 42.1 Å². The number of benzene rings is 3. The molecular formula is C32H38N4O8S. The summed E-state index contributed by atoms with van der Waals surface area (Å²) >= 11 is 1.52. The second-order valence-corrected chi connectivity index (χ2v) is 11.5. The number of carboxylic acid groups (broad SMARTS) is 1. The number of carboxylic acids is 1. The SMILES string of the molecule is CSCCC(N)C(=O)NC(Cc1ccc(O)cc1)C(=O)NC(Cc1ccc(O)cc1)C(=O)NC(Cc1ccc(O)cc1)C(=O)O. The van der Waals surface area contributed by atoms with Crippen LogP contribution in [0.15, 0.2) is 72.8 Å². The first kappa shape index (κ1) is 34.7. The molecule has 0 aliphatic carbocycles. The van der Waals surface area contributed by atoms with Crippen LogP contribution in [0.5, 0.6) is 17.2 Å². The van der Waals surface area contributed by atoms with Gasteiger partial charge in [-0.15, -0.1) is 0 Å². The first-order valence-corrected chi connectivity index (χ1v) is 15.6. The van der Waals surface area contributed by atoms with Crippen LogP contribution in [-0.4, -0.2) is 80.3 Å². The predicted molar refractivity (Wildman–Crippen MR) is 170 cm³/mol. The van der Waals surface area contributed by atoms with Crippen LogP contribution in [0.3, 0.4) is 0 Å². The molecule has 9 N–H and O–H groups in total. The highest BCUT2D eigenvalue weighted by Crippen LogP contribution is 2.15. The van der Waals surface area contributed by atoms with Crippen LogP contribution < -0.4 is 21.7 Å². The van der Waals surface area contributed by atoms with Gasteiger partial charge in [-0.3, -0.25) is 14.4 Å². The maximum atomic E-state index is 13.7. The molecule has 0 radical (unpaired) electrons. The van der Waals surface area contributed by atoms with E-state index >= 15 is 0 Å². The van der Waals surface area contributed by atoms with Gasteiger partial charge >= 0.3 is 5.97 Å². The Morgan fingerprint density at radius 2 is 0.956 bits per heavy atom. The lowest BCUT2D eigenvalue weighted by atomic mass is 10.0. The molecule has 0 heterocycles. The molecule has 3 aromatic carbocycles. The second-order valence-electron chi connectivity index (χ2n) is 10.5. The van der Waals surface area contributed by atoms with Crippen molar-refractivity contribution in [2.45, 2.75) is 49.9 Å². The molecule has 3 rings (SSSR count). The Hall–Kier alpha value is -4.75. The van der Waals surface area contributed by atoms with E-state index in [-0.39, 0.29) is 36.5 Å². The molecule has 0 spiro atoms. The monoisotopic (exact) mass is 638 g/mol. The molecule has 45 heavy (non-hydrogen) atoms. The predicted octanol–water partition coefficient (Wildman–Crippen LogP) is 1.45. The van der Waals surface area contributed by atoms with Crippen molar-refractivity contribution in [3.8, 4) is 17.2 Å². The fraction of sp³-hybridized carbons (Fsp3) is 0.312. The number of phenolic OH excluding ortho intramolecular Hbond substituents is 3. The van der Waals surface area contributed by atoms with Crippen LogP contribution in [0.1, 0.15) is 23.1 Å². The molecular weight excluding hydrogens is 600 g/mol. The Morgan fingerprint density at radius 1 is 0.622 bits per heavy atom. The maximum Gasteiger partial charge on any atom is 0.326 e. The number of amides is 3. The lowest BCUT2D eigenvalue weighted by Crippen LogP contribution is -2.58. The Balaban J connectivity index is 1.86. The molecule has 13 heteroatoms. The van der Waals surface area contributed by atoms with Crippen LogP contribution in [-0.2, 0) is 38.4 Å². The molecule has 4 atom stereocenters. The van der Waals surface area contributed by atoms with Crippen molar-refractivity contribution in [1.82, 2.24) is 16.0 Å². The molecule has 3 amide bonds. The van der Waals surface area contributed by atoms with Gasteiger partial charge in [-0.1, -0.05) is 36.4 Å².